The molecule has 152 valence electrons. The van der Waals surface area contributed by atoms with E-state index in [4.69, 9.17) is 0 Å². The first-order valence-corrected chi connectivity index (χ1v) is 18.7. The molecule has 0 aromatic rings. The lowest BCUT2D eigenvalue weighted by molar-refractivity contribution is 1.03. The SMILES string of the molecule is CSC(CC(SCS)SCS)SCSC(CC(SC)SCS)SCS. The molecule has 3 atom stereocenters. The first-order valence-electron chi connectivity index (χ1n) is 7.33. The van der Waals surface area contributed by atoms with Crippen LogP contribution in [0.1, 0.15) is 12.8 Å². The Hall–Kier alpha value is 4.20. The maximum absolute atomic E-state index is 4.43. The minimum atomic E-state index is 0.597. The van der Waals surface area contributed by atoms with E-state index in [0.717, 1.165) is 25.4 Å². The fourth-order valence-corrected chi connectivity index (χ4v) is 14.6. The lowest BCUT2D eigenvalue weighted by Crippen LogP contribution is -2.10. The maximum atomic E-state index is 4.43. The molecule has 0 saturated heterocycles. The Morgan fingerprint density at radius 2 is 0.840 bits per heavy atom. The van der Waals surface area contributed by atoms with Gasteiger partial charge in [0.15, 0.2) is 0 Å². The minimum Gasteiger partial charge on any atom is -0.168 e. The van der Waals surface area contributed by atoms with Crippen LogP contribution in [0.3, 0.4) is 0 Å². The van der Waals surface area contributed by atoms with Gasteiger partial charge in [-0.1, -0.05) is 0 Å². The summed E-state index contributed by atoms with van der Waals surface area (Å²) in [6.45, 7) is 0. The third kappa shape index (κ3) is 16.6. The van der Waals surface area contributed by atoms with Crippen LogP contribution in [0.15, 0.2) is 0 Å². The van der Waals surface area contributed by atoms with Crippen LogP contribution in [-0.4, -0.2) is 56.3 Å². The van der Waals surface area contributed by atoms with Gasteiger partial charge in [-0.15, -0.1) is 70.6 Å². The summed E-state index contributed by atoms with van der Waals surface area (Å²) >= 11 is 33.4. The second-order valence-corrected chi connectivity index (χ2v) is 18.1. The Bertz CT molecular complexity index is 276. The van der Waals surface area contributed by atoms with Crippen molar-refractivity contribution in [3.8, 4) is 0 Å². The van der Waals surface area contributed by atoms with Crippen molar-refractivity contribution in [1.82, 2.24) is 0 Å². The van der Waals surface area contributed by atoms with Crippen LogP contribution in [0.4, 0.5) is 0 Å². The topological polar surface area (TPSA) is 0 Å². The Labute approximate surface area is 211 Å². The van der Waals surface area contributed by atoms with E-state index in [2.05, 4.69) is 86.6 Å². The van der Waals surface area contributed by atoms with Gasteiger partial charge >= 0.3 is 0 Å². The highest BCUT2D eigenvalue weighted by molar-refractivity contribution is 8.28. The summed E-state index contributed by atoms with van der Waals surface area (Å²) in [4.78, 5) is 0. The number of hydrogen-bond donors (Lipinski definition) is 4. The zero-order chi connectivity index (χ0) is 18.9. The van der Waals surface area contributed by atoms with Crippen LogP contribution in [-0.2, 0) is 0 Å². The third-order valence-electron chi connectivity index (χ3n) is 2.85. The van der Waals surface area contributed by atoms with E-state index in [1.54, 1.807) is 0 Å². The predicted octanol–water partition coefficient (Wildman–Crippen LogP) is 7.70. The van der Waals surface area contributed by atoms with Gasteiger partial charge in [-0.25, -0.2) is 0 Å². The smallest absolute Gasteiger partial charge is 0.0537 e. The molecule has 0 aromatic heterocycles. The molecule has 0 fully saturated rings. The highest BCUT2D eigenvalue weighted by atomic mass is 32.3. The molecule has 0 N–H and O–H groups in total. The van der Waals surface area contributed by atoms with E-state index in [1.807, 2.05) is 70.6 Å². The fourth-order valence-electron chi connectivity index (χ4n) is 1.67. The molecule has 0 bridgehead atoms. The molecule has 0 saturated carbocycles. The van der Waals surface area contributed by atoms with Crippen molar-refractivity contribution in [2.75, 3.05) is 37.9 Å². The van der Waals surface area contributed by atoms with Crippen LogP contribution in [0, 0.1) is 0 Å². The van der Waals surface area contributed by atoms with E-state index >= 15 is 0 Å². The highest BCUT2D eigenvalue weighted by Gasteiger charge is 2.20. The first kappa shape index (κ1) is 29.2. The van der Waals surface area contributed by atoms with Crippen molar-refractivity contribution >= 4 is 145 Å². The fraction of sp³-hybridized carbons (Fsp3) is 1.00. The van der Waals surface area contributed by atoms with Gasteiger partial charge in [0.05, 0.1) is 18.3 Å². The van der Waals surface area contributed by atoms with Crippen LogP contribution in [0.5, 0.6) is 0 Å². The molecular weight excluding hydrogens is 541 g/mol. The quantitative estimate of drug-likeness (QED) is 0.0968. The summed E-state index contributed by atoms with van der Waals surface area (Å²) in [5.41, 5.74) is 0. The molecule has 0 aliphatic rings. The summed E-state index contributed by atoms with van der Waals surface area (Å²) in [6, 6.07) is 0. The Balaban J connectivity index is 4.32. The minimum absolute atomic E-state index is 0.597. The molecule has 0 aromatic carbocycles. The summed E-state index contributed by atoms with van der Waals surface area (Å²) in [7, 11) is 0. The molecular formula is C13H28S12. The maximum Gasteiger partial charge on any atom is 0.0537 e. The second kappa shape index (κ2) is 21.4. The summed E-state index contributed by atoms with van der Waals surface area (Å²) in [5.74, 6) is 0. The highest BCUT2D eigenvalue weighted by Crippen LogP contribution is 2.41. The third-order valence-corrected chi connectivity index (χ3v) is 14.7. The van der Waals surface area contributed by atoms with E-state index in [1.165, 1.54) is 12.8 Å². The van der Waals surface area contributed by atoms with Gasteiger partial charge in [0.25, 0.3) is 0 Å². The van der Waals surface area contributed by atoms with Crippen molar-refractivity contribution < 1.29 is 0 Å². The number of thiol groups is 4. The van der Waals surface area contributed by atoms with Crippen LogP contribution in [0.2, 0.25) is 0 Å². The zero-order valence-electron chi connectivity index (χ0n) is 14.3. The molecule has 0 nitrogen and oxygen atoms in total. The molecule has 0 rings (SSSR count). The summed E-state index contributed by atoms with van der Waals surface area (Å²) < 4.78 is 2.49. The van der Waals surface area contributed by atoms with Crippen molar-refractivity contribution in [3.05, 3.63) is 0 Å². The molecule has 0 spiro atoms. The lowest BCUT2D eigenvalue weighted by Gasteiger charge is -2.23. The van der Waals surface area contributed by atoms with E-state index < -0.39 is 0 Å². The first-order chi connectivity index (χ1) is 12.1. The normalized spacial score (nSPS) is 15.5. The van der Waals surface area contributed by atoms with Gasteiger partial charge in [-0.3, -0.25) is 0 Å². The van der Waals surface area contributed by atoms with Crippen molar-refractivity contribution in [2.45, 2.75) is 31.2 Å². The van der Waals surface area contributed by atoms with Crippen molar-refractivity contribution in [3.63, 3.8) is 0 Å². The molecule has 0 aliphatic carbocycles. The van der Waals surface area contributed by atoms with E-state index in [-0.39, 0.29) is 0 Å². The molecule has 0 amide bonds. The lowest BCUT2D eigenvalue weighted by atomic mass is 10.5. The van der Waals surface area contributed by atoms with Crippen LogP contribution < -0.4 is 0 Å². The van der Waals surface area contributed by atoms with E-state index in [0.29, 0.717) is 18.3 Å². The Morgan fingerprint density at radius 1 is 0.520 bits per heavy atom. The molecule has 0 heterocycles. The van der Waals surface area contributed by atoms with Crippen LogP contribution >= 0.6 is 145 Å². The van der Waals surface area contributed by atoms with Gasteiger partial charge in [0.2, 0.25) is 0 Å². The monoisotopic (exact) mass is 568 g/mol. The van der Waals surface area contributed by atoms with E-state index in [9.17, 15) is 0 Å². The number of thioether (sulfide) groups is 8. The van der Waals surface area contributed by atoms with Gasteiger partial charge in [-0.05, 0) is 25.4 Å². The average molecular weight is 569 g/mol. The van der Waals surface area contributed by atoms with Gasteiger partial charge in [0.1, 0.15) is 0 Å². The standard InChI is InChI=1S/C13H28S12/c1-18-10(20-5-14)3-13(23-8-17)25-9-24-11(19-2)4-12(21-6-15)22-7-16/h10-17H,3-9H2,1-2H3. The van der Waals surface area contributed by atoms with Gasteiger partial charge in [0, 0.05) is 25.4 Å². The average Bonchev–Trinajstić information content (AvgIpc) is 2.60. The molecule has 12 heteroatoms. The van der Waals surface area contributed by atoms with Gasteiger partial charge < -0.3 is 0 Å². The van der Waals surface area contributed by atoms with Crippen LogP contribution in [0.25, 0.3) is 0 Å². The summed E-state index contributed by atoms with van der Waals surface area (Å²) in [5, 5.41) is 4.69. The molecule has 0 aliphatic heterocycles. The zero-order valence-corrected chi connectivity index (χ0v) is 24.4. The predicted molar refractivity (Wildman–Crippen MR) is 157 cm³/mol. The Morgan fingerprint density at radius 3 is 1.24 bits per heavy atom. The van der Waals surface area contributed by atoms with Gasteiger partial charge in [-0.2, -0.15) is 74.0 Å². The number of rotatable bonds is 18. The largest absolute Gasteiger partial charge is 0.168 e. The molecule has 3 unspecified atom stereocenters. The Kier molecular flexibility index (Phi) is 25.0. The molecule has 0 radical (unpaired) electrons. The number of hydrogen-bond acceptors (Lipinski definition) is 12. The van der Waals surface area contributed by atoms with Crippen molar-refractivity contribution in [1.29, 1.82) is 0 Å². The summed E-state index contributed by atoms with van der Waals surface area (Å²) in [6.07, 6.45) is 6.84. The van der Waals surface area contributed by atoms with Crippen molar-refractivity contribution in [2.24, 2.45) is 0 Å². The second-order valence-electron chi connectivity index (χ2n) is 4.30. The molecule has 25 heavy (non-hydrogen) atoms.